The number of ether oxygens (including phenoxy) is 1. The Morgan fingerprint density at radius 3 is 3.16 bits per heavy atom. The normalized spacial score (nSPS) is 18.6. The predicted molar refractivity (Wildman–Crippen MR) is 75.2 cm³/mol. The molecule has 1 aliphatic rings. The van der Waals surface area contributed by atoms with Crippen LogP contribution in [0.2, 0.25) is 0 Å². The molecule has 1 saturated heterocycles. The van der Waals surface area contributed by atoms with Crippen LogP contribution in [0.5, 0.6) is 0 Å². The van der Waals surface area contributed by atoms with Crippen molar-refractivity contribution in [3.05, 3.63) is 24.4 Å². The van der Waals surface area contributed by atoms with Crippen LogP contribution in [0.3, 0.4) is 0 Å². The summed E-state index contributed by atoms with van der Waals surface area (Å²) in [6.07, 6.45) is 5.57. The Morgan fingerprint density at radius 2 is 2.37 bits per heavy atom. The Labute approximate surface area is 116 Å². The SMILES string of the molecule is c1ccc(-c2nnc(NCCC3CCCO3)s2)nc1. The molecule has 3 heterocycles. The van der Waals surface area contributed by atoms with Gasteiger partial charge in [0.15, 0.2) is 5.01 Å². The van der Waals surface area contributed by atoms with Crippen LogP contribution in [0, 0.1) is 0 Å². The smallest absolute Gasteiger partial charge is 0.206 e. The first-order valence-corrected chi connectivity index (χ1v) is 7.34. The van der Waals surface area contributed by atoms with Gasteiger partial charge in [-0.2, -0.15) is 0 Å². The van der Waals surface area contributed by atoms with Crippen molar-refractivity contribution in [3.8, 4) is 10.7 Å². The molecule has 2 aromatic heterocycles. The summed E-state index contributed by atoms with van der Waals surface area (Å²) in [7, 11) is 0. The molecule has 6 heteroatoms. The number of hydrogen-bond donors (Lipinski definition) is 1. The van der Waals surface area contributed by atoms with E-state index >= 15 is 0 Å². The third-order valence-electron chi connectivity index (χ3n) is 3.08. The fourth-order valence-electron chi connectivity index (χ4n) is 2.10. The average molecular weight is 276 g/mol. The molecule has 0 radical (unpaired) electrons. The van der Waals surface area contributed by atoms with E-state index in [1.54, 1.807) is 6.20 Å². The van der Waals surface area contributed by atoms with Gasteiger partial charge in [0.25, 0.3) is 0 Å². The largest absolute Gasteiger partial charge is 0.378 e. The highest BCUT2D eigenvalue weighted by atomic mass is 32.1. The van der Waals surface area contributed by atoms with Crippen LogP contribution < -0.4 is 5.32 Å². The zero-order valence-corrected chi connectivity index (χ0v) is 11.4. The van der Waals surface area contributed by atoms with Gasteiger partial charge in [-0.3, -0.25) is 4.98 Å². The molecule has 5 nitrogen and oxygen atoms in total. The van der Waals surface area contributed by atoms with Gasteiger partial charge in [-0.15, -0.1) is 10.2 Å². The number of pyridine rings is 1. The number of rotatable bonds is 5. The molecule has 1 N–H and O–H groups in total. The van der Waals surface area contributed by atoms with Crippen LogP contribution in [0.15, 0.2) is 24.4 Å². The Balaban J connectivity index is 1.53. The summed E-state index contributed by atoms with van der Waals surface area (Å²) in [5.74, 6) is 0. The van der Waals surface area contributed by atoms with E-state index < -0.39 is 0 Å². The average Bonchev–Trinajstić information content (AvgIpc) is 3.11. The van der Waals surface area contributed by atoms with Crippen molar-refractivity contribution in [1.82, 2.24) is 15.2 Å². The van der Waals surface area contributed by atoms with E-state index in [1.807, 2.05) is 18.2 Å². The van der Waals surface area contributed by atoms with Crippen molar-refractivity contribution in [3.63, 3.8) is 0 Å². The van der Waals surface area contributed by atoms with Gasteiger partial charge >= 0.3 is 0 Å². The van der Waals surface area contributed by atoms with Crippen molar-refractivity contribution < 1.29 is 4.74 Å². The number of nitrogens with one attached hydrogen (secondary N) is 1. The third-order valence-corrected chi connectivity index (χ3v) is 3.98. The van der Waals surface area contributed by atoms with E-state index in [1.165, 1.54) is 24.2 Å². The van der Waals surface area contributed by atoms with Crippen LogP contribution in [-0.2, 0) is 4.74 Å². The molecule has 1 aliphatic heterocycles. The minimum absolute atomic E-state index is 0.413. The van der Waals surface area contributed by atoms with E-state index in [4.69, 9.17) is 4.74 Å². The first-order chi connectivity index (χ1) is 9.42. The maximum absolute atomic E-state index is 5.58. The van der Waals surface area contributed by atoms with Crippen LogP contribution in [-0.4, -0.2) is 34.4 Å². The highest BCUT2D eigenvalue weighted by molar-refractivity contribution is 7.18. The number of aromatic nitrogens is 3. The number of nitrogens with zero attached hydrogens (tertiary/aromatic N) is 3. The van der Waals surface area contributed by atoms with Crippen LogP contribution >= 0.6 is 11.3 Å². The molecule has 1 atom stereocenters. The Bertz CT molecular complexity index is 510. The summed E-state index contributed by atoms with van der Waals surface area (Å²) in [5.41, 5.74) is 0.868. The van der Waals surface area contributed by atoms with Gasteiger partial charge in [0.1, 0.15) is 5.69 Å². The molecule has 1 unspecified atom stereocenters. The first kappa shape index (κ1) is 12.5. The van der Waals surface area contributed by atoms with Crippen LogP contribution in [0.1, 0.15) is 19.3 Å². The Morgan fingerprint density at radius 1 is 1.37 bits per heavy atom. The van der Waals surface area contributed by atoms with Crippen molar-refractivity contribution in [1.29, 1.82) is 0 Å². The van der Waals surface area contributed by atoms with Gasteiger partial charge in [0, 0.05) is 19.3 Å². The summed E-state index contributed by atoms with van der Waals surface area (Å²) in [4.78, 5) is 4.27. The second kappa shape index (κ2) is 6.08. The molecular formula is C13H16N4OS. The van der Waals surface area contributed by atoms with Crippen LogP contribution in [0.4, 0.5) is 5.13 Å². The molecule has 0 spiro atoms. The molecule has 19 heavy (non-hydrogen) atoms. The topological polar surface area (TPSA) is 59.9 Å². The molecular weight excluding hydrogens is 260 g/mol. The van der Waals surface area contributed by atoms with Crippen LogP contribution in [0.25, 0.3) is 10.7 Å². The lowest BCUT2D eigenvalue weighted by atomic mass is 10.2. The van der Waals surface area contributed by atoms with Gasteiger partial charge in [-0.25, -0.2) is 0 Å². The van der Waals surface area contributed by atoms with E-state index in [9.17, 15) is 0 Å². The Kier molecular flexibility index (Phi) is 4.00. The summed E-state index contributed by atoms with van der Waals surface area (Å²) in [5, 5.41) is 13.3. The quantitative estimate of drug-likeness (QED) is 0.909. The second-order valence-corrected chi connectivity index (χ2v) is 5.46. The lowest BCUT2D eigenvalue weighted by Gasteiger charge is -2.08. The number of anilines is 1. The lowest BCUT2D eigenvalue weighted by Crippen LogP contribution is -2.12. The van der Waals surface area contributed by atoms with Gasteiger partial charge in [-0.05, 0) is 31.4 Å². The monoisotopic (exact) mass is 276 g/mol. The molecule has 0 aliphatic carbocycles. The third kappa shape index (κ3) is 3.27. The molecule has 0 saturated carbocycles. The standard InChI is InChI=1S/C13H16N4OS/c1-2-7-14-11(5-1)12-16-17-13(19-12)15-8-6-10-4-3-9-18-10/h1-2,5,7,10H,3-4,6,8-9H2,(H,15,17). The van der Waals surface area contributed by atoms with Crippen molar-refractivity contribution in [2.24, 2.45) is 0 Å². The molecule has 2 aromatic rings. The first-order valence-electron chi connectivity index (χ1n) is 6.52. The summed E-state index contributed by atoms with van der Waals surface area (Å²) in [6, 6.07) is 5.79. The van der Waals surface area contributed by atoms with E-state index in [2.05, 4.69) is 20.5 Å². The summed E-state index contributed by atoms with van der Waals surface area (Å²) in [6.45, 7) is 1.79. The highest BCUT2D eigenvalue weighted by Crippen LogP contribution is 2.24. The fourth-order valence-corrected chi connectivity index (χ4v) is 2.85. The van der Waals surface area contributed by atoms with Gasteiger partial charge in [-0.1, -0.05) is 17.4 Å². The zero-order valence-electron chi connectivity index (χ0n) is 10.6. The lowest BCUT2D eigenvalue weighted by molar-refractivity contribution is 0.107. The molecule has 3 rings (SSSR count). The maximum Gasteiger partial charge on any atom is 0.206 e. The van der Waals surface area contributed by atoms with E-state index in [-0.39, 0.29) is 0 Å². The molecule has 1 fully saturated rings. The second-order valence-electron chi connectivity index (χ2n) is 4.48. The molecule has 100 valence electrons. The van der Waals surface area contributed by atoms with Crippen molar-refractivity contribution in [2.75, 3.05) is 18.5 Å². The predicted octanol–water partition coefficient (Wildman–Crippen LogP) is 2.58. The van der Waals surface area contributed by atoms with E-state index in [0.717, 1.165) is 35.4 Å². The highest BCUT2D eigenvalue weighted by Gasteiger charge is 2.15. The summed E-state index contributed by atoms with van der Waals surface area (Å²) < 4.78 is 5.58. The minimum Gasteiger partial charge on any atom is -0.378 e. The van der Waals surface area contributed by atoms with Gasteiger partial charge in [0.2, 0.25) is 5.13 Å². The minimum atomic E-state index is 0.413. The Hall–Kier alpha value is -1.53. The fraction of sp³-hybridized carbons (Fsp3) is 0.462. The molecule has 0 amide bonds. The van der Waals surface area contributed by atoms with E-state index in [0.29, 0.717) is 6.10 Å². The van der Waals surface area contributed by atoms with Crippen molar-refractivity contribution >= 4 is 16.5 Å². The number of hydrogen-bond acceptors (Lipinski definition) is 6. The molecule has 0 bridgehead atoms. The van der Waals surface area contributed by atoms with Gasteiger partial charge < -0.3 is 10.1 Å². The van der Waals surface area contributed by atoms with Gasteiger partial charge in [0.05, 0.1) is 6.10 Å². The van der Waals surface area contributed by atoms with Crippen molar-refractivity contribution in [2.45, 2.75) is 25.4 Å². The zero-order chi connectivity index (χ0) is 12.9. The maximum atomic E-state index is 5.58. The molecule has 0 aromatic carbocycles. The summed E-state index contributed by atoms with van der Waals surface area (Å²) >= 11 is 1.53.